The van der Waals surface area contributed by atoms with Crippen molar-refractivity contribution in [1.29, 1.82) is 0 Å². The molecule has 1 aliphatic heterocycles. The van der Waals surface area contributed by atoms with Gasteiger partial charge in [-0.05, 0) is 36.3 Å². The molecule has 1 aliphatic rings. The van der Waals surface area contributed by atoms with E-state index in [1.54, 1.807) is 25.2 Å². The van der Waals surface area contributed by atoms with Gasteiger partial charge in [0.25, 0.3) is 0 Å². The van der Waals surface area contributed by atoms with Crippen LogP contribution in [0.5, 0.6) is 0 Å². The zero-order chi connectivity index (χ0) is 26.5. The molecule has 3 aromatic heterocycles. The zero-order valence-electron chi connectivity index (χ0n) is 23.4. The van der Waals surface area contributed by atoms with Crippen molar-refractivity contribution in [2.45, 2.75) is 103 Å². The number of hydrogen-bond acceptors (Lipinski definition) is 7. The van der Waals surface area contributed by atoms with Gasteiger partial charge in [-0.1, -0.05) is 41.5 Å². The maximum Gasteiger partial charge on any atom is 0.192 e. The molecule has 3 aromatic rings. The van der Waals surface area contributed by atoms with Gasteiger partial charge < -0.3 is 13.6 Å². The van der Waals surface area contributed by atoms with Crippen molar-refractivity contribution in [3.05, 3.63) is 31.4 Å². The van der Waals surface area contributed by atoms with Crippen LogP contribution in [0, 0.1) is 0 Å². The van der Waals surface area contributed by atoms with Crippen molar-refractivity contribution in [2.75, 3.05) is 6.61 Å². The average Bonchev–Trinajstić information content (AvgIpc) is 3.50. The van der Waals surface area contributed by atoms with Crippen LogP contribution < -0.4 is 0 Å². The molecule has 11 heteroatoms. The molecule has 198 valence electrons. The Balaban J connectivity index is 1.63. The van der Waals surface area contributed by atoms with Crippen LogP contribution in [-0.4, -0.2) is 64.5 Å². The van der Waals surface area contributed by atoms with E-state index in [1.807, 2.05) is 15.3 Å². The molecule has 0 saturated carbocycles. The van der Waals surface area contributed by atoms with Gasteiger partial charge >= 0.3 is 0 Å². The highest BCUT2D eigenvalue weighted by Gasteiger charge is 2.46. The summed E-state index contributed by atoms with van der Waals surface area (Å²) in [4.78, 5) is 17.8. The third-order valence-corrected chi connectivity index (χ3v) is 17.3. The minimum absolute atomic E-state index is 0.0620. The molecule has 0 radical (unpaired) electrons. The van der Waals surface area contributed by atoms with Crippen LogP contribution in [0.4, 0.5) is 0 Å². The number of imidazole rings is 2. The molecular formula is C25H42N6O3Si2. The Bertz CT molecular complexity index is 1180. The first kappa shape index (κ1) is 27.1. The second-order valence-electron chi connectivity index (χ2n) is 12.8. The van der Waals surface area contributed by atoms with E-state index in [1.165, 1.54) is 0 Å². The summed E-state index contributed by atoms with van der Waals surface area (Å²) in [5.74, 6) is 0.695. The third kappa shape index (κ3) is 5.21. The van der Waals surface area contributed by atoms with Crippen molar-refractivity contribution in [3.63, 3.8) is 0 Å². The molecule has 1 fully saturated rings. The lowest BCUT2D eigenvalue weighted by Crippen LogP contribution is -2.48. The van der Waals surface area contributed by atoms with Crippen LogP contribution >= 0.6 is 0 Å². The van der Waals surface area contributed by atoms with Crippen LogP contribution in [-0.2, 0) is 13.6 Å². The summed E-state index contributed by atoms with van der Waals surface area (Å²) in [7, 11) is -3.96. The van der Waals surface area contributed by atoms with Gasteiger partial charge in [-0.2, -0.15) is 0 Å². The van der Waals surface area contributed by atoms with E-state index in [-0.39, 0.29) is 28.5 Å². The number of fused-ring (bicyclic) bond motifs is 1. The summed E-state index contributed by atoms with van der Waals surface area (Å²) < 4.78 is 24.0. The normalized spacial score (nSPS) is 22.0. The molecule has 0 aromatic carbocycles. The standard InChI is InChI=1S/C25H42N6O3Si2/c1-24(2,3)35(7,8)32-14-19-18(34-36(9,10)25(4,5)6)13-20(33-19)31-17-29-21-22(27-15-28-23(21)31)30-12-11-26-16-30/h11-12,15-20H,13-14H2,1-10H3/t18-,19+,20-/m0/s1. The maximum atomic E-state index is 6.92. The van der Waals surface area contributed by atoms with E-state index < -0.39 is 16.6 Å². The Morgan fingerprint density at radius 2 is 1.67 bits per heavy atom. The van der Waals surface area contributed by atoms with E-state index in [2.05, 4.69) is 87.7 Å². The predicted molar refractivity (Wildman–Crippen MR) is 146 cm³/mol. The van der Waals surface area contributed by atoms with Crippen LogP contribution in [0.1, 0.15) is 54.2 Å². The molecule has 0 N–H and O–H groups in total. The lowest BCUT2D eigenvalue weighted by atomic mass is 10.2. The summed E-state index contributed by atoms with van der Waals surface area (Å²) in [6, 6.07) is 0. The van der Waals surface area contributed by atoms with E-state index in [9.17, 15) is 0 Å². The van der Waals surface area contributed by atoms with Gasteiger partial charge in [-0.25, -0.2) is 19.9 Å². The molecule has 3 atom stereocenters. The van der Waals surface area contributed by atoms with Gasteiger partial charge in [-0.15, -0.1) is 0 Å². The Hall–Kier alpha value is -1.93. The highest BCUT2D eigenvalue weighted by molar-refractivity contribution is 6.74. The molecule has 9 nitrogen and oxygen atoms in total. The summed E-state index contributed by atoms with van der Waals surface area (Å²) in [6.07, 6.45) is 8.89. The number of rotatable bonds is 7. The molecule has 4 heterocycles. The first-order valence-corrected chi connectivity index (χ1v) is 18.6. The Morgan fingerprint density at radius 3 is 2.28 bits per heavy atom. The van der Waals surface area contributed by atoms with Crippen molar-refractivity contribution in [1.82, 2.24) is 29.1 Å². The number of aromatic nitrogens is 6. The Labute approximate surface area is 216 Å². The van der Waals surface area contributed by atoms with Crippen molar-refractivity contribution in [2.24, 2.45) is 0 Å². The second kappa shape index (κ2) is 9.43. The number of hydrogen-bond donors (Lipinski definition) is 0. The third-order valence-electron chi connectivity index (χ3n) is 8.25. The monoisotopic (exact) mass is 530 g/mol. The average molecular weight is 531 g/mol. The number of ether oxygens (including phenoxy) is 1. The molecular weight excluding hydrogens is 488 g/mol. The fraction of sp³-hybridized carbons (Fsp3) is 0.680. The first-order chi connectivity index (χ1) is 16.6. The highest BCUT2D eigenvalue weighted by atomic mass is 28.4. The van der Waals surface area contributed by atoms with E-state index in [4.69, 9.17) is 13.6 Å². The van der Waals surface area contributed by atoms with Crippen molar-refractivity contribution in [3.8, 4) is 5.82 Å². The Kier molecular flexibility index (Phi) is 7.10. The van der Waals surface area contributed by atoms with Crippen LogP contribution in [0.15, 0.2) is 31.4 Å². The SMILES string of the molecule is CC(C)(C)[Si](C)(C)OC[C@H]1O[C@H](n2cnc3c(-n4ccnc4)ncnc32)C[C@@H]1O[Si](C)(C)C(C)(C)C. The fourth-order valence-corrected chi connectivity index (χ4v) is 6.20. The van der Waals surface area contributed by atoms with E-state index in [0.29, 0.717) is 24.4 Å². The molecule has 0 bridgehead atoms. The highest BCUT2D eigenvalue weighted by Crippen LogP contribution is 2.43. The van der Waals surface area contributed by atoms with Gasteiger partial charge in [0.1, 0.15) is 25.0 Å². The topological polar surface area (TPSA) is 89.1 Å². The molecule has 0 amide bonds. The summed E-state index contributed by atoms with van der Waals surface area (Å²) in [5.41, 5.74) is 1.44. The molecule has 0 spiro atoms. The van der Waals surface area contributed by atoms with Gasteiger partial charge in [0.2, 0.25) is 0 Å². The van der Waals surface area contributed by atoms with Crippen molar-refractivity contribution < 1.29 is 13.6 Å². The van der Waals surface area contributed by atoms with E-state index >= 15 is 0 Å². The minimum Gasteiger partial charge on any atom is -0.414 e. The minimum atomic E-state index is -2.02. The molecule has 1 saturated heterocycles. The summed E-state index contributed by atoms with van der Waals surface area (Å²) in [6.45, 7) is 23.3. The van der Waals surface area contributed by atoms with E-state index in [0.717, 1.165) is 5.65 Å². The smallest absolute Gasteiger partial charge is 0.192 e. The maximum absolute atomic E-state index is 6.92. The van der Waals surface area contributed by atoms with Gasteiger partial charge in [0.15, 0.2) is 33.6 Å². The predicted octanol–water partition coefficient (Wildman–Crippen LogP) is 5.71. The van der Waals surface area contributed by atoms with Gasteiger partial charge in [0.05, 0.1) is 19.0 Å². The molecule has 0 aliphatic carbocycles. The van der Waals surface area contributed by atoms with Gasteiger partial charge in [-0.3, -0.25) is 9.13 Å². The lowest BCUT2D eigenvalue weighted by molar-refractivity contribution is -0.0383. The zero-order valence-corrected chi connectivity index (χ0v) is 25.4. The summed E-state index contributed by atoms with van der Waals surface area (Å²) >= 11 is 0. The quantitative estimate of drug-likeness (QED) is 0.361. The molecule has 36 heavy (non-hydrogen) atoms. The van der Waals surface area contributed by atoms with Crippen LogP contribution in [0.25, 0.3) is 17.0 Å². The largest absolute Gasteiger partial charge is 0.414 e. The van der Waals surface area contributed by atoms with Gasteiger partial charge in [0, 0.05) is 18.8 Å². The number of nitrogens with zero attached hydrogens (tertiary/aromatic N) is 6. The fourth-order valence-electron chi connectivity index (χ4n) is 3.83. The first-order valence-electron chi connectivity index (χ1n) is 12.7. The van der Waals surface area contributed by atoms with Crippen molar-refractivity contribution >= 4 is 27.8 Å². The second-order valence-corrected chi connectivity index (χ2v) is 22.4. The summed E-state index contributed by atoms with van der Waals surface area (Å²) in [5, 5.41) is 0.229. The Morgan fingerprint density at radius 1 is 0.972 bits per heavy atom. The van der Waals surface area contributed by atoms with Crippen LogP contribution in [0.2, 0.25) is 36.3 Å². The lowest BCUT2D eigenvalue weighted by Gasteiger charge is -2.40. The molecule has 4 rings (SSSR count). The molecule has 0 unspecified atom stereocenters. The van der Waals surface area contributed by atoms with Crippen LogP contribution in [0.3, 0.4) is 0 Å².